The van der Waals surface area contributed by atoms with E-state index in [1.54, 1.807) is 0 Å². The first-order valence-corrected chi connectivity index (χ1v) is 11.1. The number of hydrogen-bond donors (Lipinski definition) is 2. The van der Waals surface area contributed by atoms with Gasteiger partial charge in [-0.15, -0.1) is 0 Å². The summed E-state index contributed by atoms with van der Waals surface area (Å²) in [6, 6.07) is 20.3. The Labute approximate surface area is 182 Å². The third-order valence-corrected chi connectivity index (χ3v) is 7.09. The molecule has 158 valence electrons. The zero-order chi connectivity index (χ0) is 21.4. The number of Topliss-reactive ketones (excluding diaryl/α,β-unsaturated/α-hetero) is 2. The minimum Gasteiger partial charge on any atom is -0.396 e. The van der Waals surface area contributed by atoms with Gasteiger partial charge in [0.05, 0.1) is 0 Å². The van der Waals surface area contributed by atoms with Gasteiger partial charge in [0.1, 0.15) is 0 Å². The average Bonchev–Trinajstić information content (AvgIpc) is 2.81. The largest absolute Gasteiger partial charge is 0.396 e. The lowest BCUT2D eigenvalue weighted by atomic mass is 9.69. The molecule has 0 aromatic heterocycles. The fraction of sp³-hybridized carbons (Fsp3) is 0.333. The number of aliphatic hydroxyl groups excluding tert-OH is 1. The first kappa shape index (κ1) is 20.0. The number of carbonyl (C=O) groups is 2. The number of carbonyl (C=O) groups excluding carboxylic acids is 2. The zero-order valence-corrected chi connectivity index (χ0v) is 17.5. The van der Waals surface area contributed by atoms with Crippen molar-refractivity contribution in [2.24, 2.45) is 5.92 Å². The second-order valence-electron chi connectivity index (χ2n) is 8.86. The van der Waals surface area contributed by atoms with Crippen molar-refractivity contribution >= 4 is 11.6 Å². The molecule has 2 aromatic rings. The Balaban J connectivity index is 1.45. The first-order chi connectivity index (χ1) is 15.2. The van der Waals surface area contributed by atoms with Crippen molar-refractivity contribution in [3.63, 3.8) is 0 Å². The van der Waals surface area contributed by atoms with Gasteiger partial charge in [-0.2, -0.15) is 0 Å². The Bertz CT molecular complexity index is 1070. The van der Waals surface area contributed by atoms with Crippen molar-refractivity contribution in [3.05, 3.63) is 94.3 Å². The quantitative estimate of drug-likeness (QED) is 0.780. The molecule has 0 saturated heterocycles. The fourth-order valence-electron chi connectivity index (χ4n) is 5.49. The number of dihydropyridines is 1. The maximum absolute atomic E-state index is 13.5. The van der Waals surface area contributed by atoms with Gasteiger partial charge in [-0.1, -0.05) is 60.7 Å². The molecule has 3 unspecified atom stereocenters. The van der Waals surface area contributed by atoms with Crippen LogP contribution in [0, 0.1) is 5.92 Å². The van der Waals surface area contributed by atoms with E-state index < -0.39 is 0 Å². The topological polar surface area (TPSA) is 66.4 Å². The minimum absolute atomic E-state index is 0.0125. The molecule has 0 bridgehead atoms. The highest BCUT2D eigenvalue weighted by molar-refractivity contribution is 6.05. The molecule has 1 heterocycles. The number of ketones is 2. The van der Waals surface area contributed by atoms with Gasteiger partial charge >= 0.3 is 0 Å². The van der Waals surface area contributed by atoms with Crippen molar-refractivity contribution in [1.82, 2.24) is 5.32 Å². The minimum atomic E-state index is -0.245. The van der Waals surface area contributed by atoms with Gasteiger partial charge < -0.3 is 10.4 Å². The van der Waals surface area contributed by atoms with Crippen molar-refractivity contribution in [2.45, 2.75) is 43.9 Å². The molecule has 4 heteroatoms. The van der Waals surface area contributed by atoms with E-state index in [0.29, 0.717) is 19.3 Å². The normalized spacial score (nSPS) is 25.8. The van der Waals surface area contributed by atoms with Crippen LogP contribution in [0.15, 0.2) is 83.2 Å². The van der Waals surface area contributed by atoms with Crippen LogP contribution in [-0.4, -0.2) is 23.3 Å². The van der Waals surface area contributed by atoms with Gasteiger partial charge in [0.25, 0.3) is 0 Å². The molecular formula is C27H27NO3. The van der Waals surface area contributed by atoms with Crippen LogP contribution in [0.1, 0.15) is 55.1 Å². The molecular weight excluding hydrogens is 386 g/mol. The molecule has 3 atom stereocenters. The lowest BCUT2D eigenvalue weighted by Crippen LogP contribution is -2.39. The molecule has 0 amide bonds. The predicted octanol–water partition coefficient (Wildman–Crippen LogP) is 4.39. The molecule has 2 aromatic carbocycles. The molecule has 2 N–H and O–H groups in total. The van der Waals surface area contributed by atoms with E-state index in [9.17, 15) is 14.7 Å². The standard InChI is InChI=1S/C27H27NO3/c29-12-11-20-21(18-9-5-2-6-10-18)16-25-23(27(20)31)15-22-24(28-25)13-19(14-26(22)30)17-7-3-1-4-8-17/h1-10,19-21,28-29H,11-16H2. The summed E-state index contributed by atoms with van der Waals surface area (Å²) in [7, 11) is 0. The van der Waals surface area contributed by atoms with E-state index in [4.69, 9.17) is 0 Å². The predicted molar refractivity (Wildman–Crippen MR) is 119 cm³/mol. The molecule has 4 nitrogen and oxygen atoms in total. The first-order valence-electron chi connectivity index (χ1n) is 11.1. The third kappa shape index (κ3) is 3.66. The van der Waals surface area contributed by atoms with Gasteiger partial charge in [-0.05, 0) is 42.2 Å². The highest BCUT2D eigenvalue weighted by atomic mass is 16.3. The van der Waals surface area contributed by atoms with Gasteiger partial charge in [-0.3, -0.25) is 9.59 Å². The number of aliphatic hydroxyl groups is 1. The van der Waals surface area contributed by atoms with Gasteiger partial charge in [0.15, 0.2) is 11.6 Å². The zero-order valence-electron chi connectivity index (χ0n) is 17.5. The summed E-state index contributed by atoms with van der Waals surface area (Å²) >= 11 is 0. The Morgan fingerprint density at radius 3 is 2.13 bits per heavy atom. The summed E-state index contributed by atoms with van der Waals surface area (Å²) in [4.78, 5) is 26.5. The lowest BCUT2D eigenvalue weighted by Gasteiger charge is -2.39. The molecule has 5 rings (SSSR count). The van der Waals surface area contributed by atoms with E-state index in [2.05, 4.69) is 29.6 Å². The van der Waals surface area contributed by atoms with Crippen molar-refractivity contribution in [1.29, 1.82) is 0 Å². The maximum atomic E-state index is 13.5. The summed E-state index contributed by atoms with van der Waals surface area (Å²) in [6.45, 7) is -0.0125. The average molecular weight is 414 g/mol. The molecule has 0 fully saturated rings. The smallest absolute Gasteiger partial charge is 0.164 e. The molecule has 0 spiro atoms. The van der Waals surface area contributed by atoms with Crippen LogP contribution in [0.4, 0.5) is 0 Å². The van der Waals surface area contributed by atoms with Crippen LogP contribution in [0.5, 0.6) is 0 Å². The lowest BCUT2D eigenvalue weighted by molar-refractivity contribution is -0.121. The molecule has 1 aliphatic heterocycles. The van der Waals surface area contributed by atoms with Gasteiger partial charge in [0, 0.05) is 47.9 Å². The summed E-state index contributed by atoms with van der Waals surface area (Å²) < 4.78 is 0. The van der Waals surface area contributed by atoms with Crippen LogP contribution >= 0.6 is 0 Å². The fourth-order valence-corrected chi connectivity index (χ4v) is 5.49. The van der Waals surface area contributed by atoms with Crippen molar-refractivity contribution in [2.75, 3.05) is 6.61 Å². The number of allylic oxidation sites excluding steroid dienone is 4. The Morgan fingerprint density at radius 1 is 0.806 bits per heavy atom. The summed E-state index contributed by atoms with van der Waals surface area (Å²) in [5, 5.41) is 13.2. The highest BCUT2D eigenvalue weighted by Gasteiger charge is 2.42. The van der Waals surface area contributed by atoms with Crippen LogP contribution < -0.4 is 5.32 Å². The summed E-state index contributed by atoms with van der Waals surface area (Å²) in [6.07, 6.45) is 2.91. The molecule has 2 aliphatic carbocycles. The van der Waals surface area contributed by atoms with Gasteiger partial charge in [-0.25, -0.2) is 0 Å². The summed E-state index contributed by atoms with van der Waals surface area (Å²) in [5.41, 5.74) is 5.80. The monoisotopic (exact) mass is 413 g/mol. The molecule has 0 radical (unpaired) electrons. The Kier molecular flexibility index (Phi) is 5.33. The second-order valence-corrected chi connectivity index (χ2v) is 8.86. The second kappa shape index (κ2) is 8.27. The number of nitrogens with one attached hydrogen (secondary N) is 1. The van der Waals surface area contributed by atoms with E-state index in [0.717, 1.165) is 40.9 Å². The maximum Gasteiger partial charge on any atom is 0.164 e. The number of hydrogen-bond acceptors (Lipinski definition) is 4. The van der Waals surface area contributed by atoms with E-state index >= 15 is 0 Å². The van der Waals surface area contributed by atoms with Crippen LogP contribution in [0.3, 0.4) is 0 Å². The summed E-state index contributed by atoms with van der Waals surface area (Å²) in [5.74, 6) is 0.199. The van der Waals surface area contributed by atoms with Crippen LogP contribution in [-0.2, 0) is 9.59 Å². The number of benzene rings is 2. The van der Waals surface area contributed by atoms with E-state index in [1.165, 1.54) is 5.56 Å². The molecule has 31 heavy (non-hydrogen) atoms. The number of rotatable bonds is 4. The van der Waals surface area contributed by atoms with E-state index in [1.807, 2.05) is 36.4 Å². The molecule has 3 aliphatic rings. The molecule has 0 saturated carbocycles. The van der Waals surface area contributed by atoms with Crippen molar-refractivity contribution < 1.29 is 14.7 Å². The Morgan fingerprint density at radius 2 is 1.45 bits per heavy atom. The van der Waals surface area contributed by atoms with E-state index in [-0.39, 0.29) is 35.9 Å². The van der Waals surface area contributed by atoms with Gasteiger partial charge in [0.2, 0.25) is 0 Å². The highest BCUT2D eigenvalue weighted by Crippen LogP contribution is 2.46. The van der Waals surface area contributed by atoms with Crippen molar-refractivity contribution in [3.8, 4) is 0 Å². The van der Waals surface area contributed by atoms with Crippen LogP contribution in [0.25, 0.3) is 0 Å². The Hall–Kier alpha value is -2.98. The third-order valence-electron chi connectivity index (χ3n) is 7.09. The SMILES string of the molecule is O=C1CC(c2ccccc2)CC2=C1CC1=C(CC(c3ccccc3)C(CCO)C1=O)N2. The van der Waals surface area contributed by atoms with Crippen LogP contribution in [0.2, 0.25) is 0 Å².